The lowest BCUT2D eigenvalue weighted by Gasteiger charge is -2.11. The molecular formula is C15H12N2O4S. The maximum atomic E-state index is 12.1. The molecule has 1 aromatic heterocycles. The number of aromatic nitrogens is 1. The first-order valence-corrected chi connectivity index (χ1v) is 7.46. The van der Waals surface area contributed by atoms with Gasteiger partial charge in [-0.15, -0.1) is 11.3 Å². The molecule has 0 saturated heterocycles. The summed E-state index contributed by atoms with van der Waals surface area (Å²) in [5.74, 6) is -1.85. The standard InChI is InChI=1S/C15H12N2O4S/c1-8(2)12-16-7-11(22-12)15(20)21-17-13(18)9-5-3-4-6-10(9)14(17)19/h3-8H,1-2H3. The van der Waals surface area contributed by atoms with Crippen LogP contribution < -0.4 is 0 Å². The first-order valence-electron chi connectivity index (χ1n) is 6.65. The molecule has 3 rings (SSSR count). The molecular weight excluding hydrogens is 304 g/mol. The third-order valence-electron chi connectivity index (χ3n) is 3.15. The summed E-state index contributed by atoms with van der Waals surface area (Å²) in [7, 11) is 0. The van der Waals surface area contributed by atoms with Gasteiger partial charge in [-0.3, -0.25) is 9.59 Å². The molecule has 1 aliphatic heterocycles. The Morgan fingerprint density at radius 2 is 1.77 bits per heavy atom. The molecule has 0 atom stereocenters. The van der Waals surface area contributed by atoms with Gasteiger partial charge in [0.05, 0.1) is 22.3 Å². The fraction of sp³-hybridized carbons (Fsp3) is 0.200. The Morgan fingerprint density at radius 1 is 1.18 bits per heavy atom. The minimum absolute atomic E-state index is 0.186. The van der Waals surface area contributed by atoms with Gasteiger partial charge in [0.2, 0.25) is 0 Å². The highest BCUT2D eigenvalue weighted by molar-refractivity contribution is 7.13. The van der Waals surface area contributed by atoms with E-state index in [1.54, 1.807) is 12.1 Å². The van der Waals surface area contributed by atoms with Crippen LogP contribution in [-0.4, -0.2) is 27.8 Å². The zero-order chi connectivity index (χ0) is 15.9. The van der Waals surface area contributed by atoms with Crippen LogP contribution in [0.25, 0.3) is 0 Å². The summed E-state index contributed by atoms with van der Waals surface area (Å²) in [6, 6.07) is 6.33. The van der Waals surface area contributed by atoms with Crippen LogP contribution in [0.1, 0.15) is 55.2 Å². The van der Waals surface area contributed by atoms with Crippen molar-refractivity contribution < 1.29 is 19.2 Å². The summed E-state index contributed by atoms with van der Waals surface area (Å²) >= 11 is 1.18. The van der Waals surface area contributed by atoms with Crippen molar-refractivity contribution in [2.24, 2.45) is 0 Å². The molecule has 0 aliphatic carbocycles. The smallest absolute Gasteiger partial charge is 0.323 e. The minimum atomic E-state index is -0.765. The van der Waals surface area contributed by atoms with Gasteiger partial charge in [-0.2, -0.15) is 0 Å². The number of thiazole rings is 1. The Labute approximate surface area is 130 Å². The molecule has 2 aromatic rings. The molecule has 2 amide bonds. The zero-order valence-electron chi connectivity index (χ0n) is 11.9. The molecule has 0 saturated carbocycles. The van der Waals surface area contributed by atoms with Crippen molar-refractivity contribution in [3.63, 3.8) is 0 Å². The topological polar surface area (TPSA) is 76.6 Å². The Balaban J connectivity index is 1.80. The minimum Gasteiger partial charge on any atom is -0.323 e. The number of hydrogen-bond donors (Lipinski definition) is 0. The lowest BCUT2D eigenvalue weighted by Crippen LogP contribution is -2.32. The van der Waals surface area contributed by atoms with Gasteiger partial charge in [0.15, 0.2) is 0 Å². The van der Waals surface area contributed by atoms with Crippen LogP contribution in [0.15, 0.2) is 30.5 Å². The van der Waals surface area contributed by atoms with Gasteiger partial charge in [-0.05, 0) is 12.1 Å². The summed E-state index contributed by atoms with van der Waals surface area (Å²) < 4.78 is 0. The van der Waals surface area contributed by atoms with E-state index in [0.29, 0.717) is 5.06 Å². The molecule has 0 fully saturated rings. The van der Waals surface area contributed by atoms with Gasteiger partial charge < -0.3 is 4.84 Å². The van der Waals surface area contributed by atoms with E-state index >= 15 is 0 Å². The van der Waals surface area contributed by atoms with E-state index in [-0.39, 0.29) is 21.9 Å². The number of rotatable bonds is 3. The number of carbonyl (C=O) groups is 3. The van der Waals surface area contributed by atoms with Crippen molar-refractivity contribution in [1.29, 1.82) is 0 Å². The maximum Gasteiger partial charge on any atom is 0.375 e. The van der Waals surface area contributed by atoms with Crippen molar-refractivity contribution in [3.05, 3.63) is 51.5 Å². The second kappa shape index (κ2) is 5.34. The quantitative estimate of drug-likeness (QED) is 0.814. The molecule has 0 unspecified atom stereocenters. The Morgan fingerprint density at radius 3 is 2.27 bits per heavy atom. The second-order valence-electron chi connectivity index (χ2n) is 5.05. The number of hydroxylamine groups is 2. The summed E-state index contributed by atoms with van der Waals surface area (Å²) in [5, 5.41) is 1.29. The van der Waals surface area contributed by atoms with Crippen molar-refractivity contribution in [2.75, 3.05) is 0 Å². The third kappa shape index (κ3) is 2.29. The van der Waals surface area contributed by atoms with Crippen LogP contribution in [0.5, 0.6) is 0 Å². The predicted octanol–water partition coefficient (Wildman–Crippen LogP) is 2.63. The van der Waals surface area contributed by atoms with Gasteiger partial charge >= 0.3 is 5.97 Å². The van der Waals surface area contributed by atoms with Crippen molar-refractivity contribution in [2.45, 2.75) is 19.8 Å². The lowest BCUT2D eigenvalue weighted by atomic mass is 10.1. The fourth-order valence-corrected chi connectivity index (χ4v) is 2.82. The molecule has 0 radical (unpaired) electrons. The molecule has 0 spiro atoms. The largest absolute Gasteiger partial charge is 0.375 e. The van der Waals surface area contributed by atoms with Crippen LogP contribution in [0.2, 0.25) is 0 Å². The average Bonchev–Trinajstić information content (AvgIpc) is 3.08. The van der Waals surface area contributed by atoms with Gasteiger partial charge in [0, 0.05) is 5.92 Å². The SMILES string of the molecule is CC(C)c1ncc(C(=O)ON2C(=O)c3ccccc3C2=O)s1. The summed E-state index contributed by atoms with van der Waals surface area (Å²) in [6.45, 7) is 3.91. The monoisotopic (exact) mass is 316 g/mol. The molecule has 0 bridgehead atoms. The number of nitrogens with zero attached hydrogens (tertiary/aromatic N) is 2. The molecule has 112 valence electrons. The summed E-state index contributed by atoms with van der Waals surface area (Å²) in [5.41, 5.74) is 0.458. The van der Waals surface area contributed by atoms with Gasteiger partial charge in [0.1, 0.15) is 4.88 Å². The number of amides is 2. The van der Waals surface area contributed by atoms with E-state index in [1.807, 2.05) is 13.8 Å². The van der Waals surface area contributed by atoms with E-state index in [4.69, 9.17) is 4.84 Å². The second-order valence-corrected chi connectivity index (χ2v) is 6.11. The summed E-state index contributed by atoms with van der Waals surface area (Å²) in [6.07, 6.45) is 1.39. The van der Waals surface area contributed by atoms with Crippen LogP contribution in [0.4, 0.5) is 0 Å². The van der Waals surface area contributed by atoms with Crippen LogP contribution >= 0.6 is 11.3 Å². The van der Waals surface area contributed by atoms with E-state index in [1.165, 1.54) is 29.7 Å². The average molecular weight is 316 g/mol. The number of carbonyl (C=O) groups excluding carboxylic acids is 3. The molecule has 7 heteroatoms. The molecule has 2 heterocycles. The number of hydrogen-bond acceptors (Lipinski definition) is 6. The fourth-order valence-electron chi connectivity index (χ4n) is 2.03. The van der Waals surface area contributed by atoms with Gasteiger partial charge in [-0.1, -0.05) is 31.0 Å². The van der Waals surface area contributed by atoms with E-state index < -0.39 is 17.8 Å². The van der Waals surface area contributed by atoms with Gasteiger partial charge in [0.25, 0.3) is 11.8 Å². The highest BCUT2D eigenvalue weighted by Gasteiger charge is 2.39. The Hall–Kier alpha value is -2.54. The van der Waals surface area contributed by atoms with Crippen molar-refractivity contribution >= 4 is 29.1 Å². The molecule has 6 nitrogen and oxygen atoms in total. The van der Waals surface area contributed by atoms with Crippen LogP contribution in [0, 0.1) is 0 Å². The molecule has 1 aromatic carbocycles. The first kappa shape index (κ1) is 14.4. The van der Waals surface area contributed by atoms with Crippen molar-refractivity contribution in [1.82, 2.24) is 10.0 Å². The van der Waals surface area contributed by atoms with E-state index in [2.05, 4.69) is 4.98 Å². The van der Waals surface area contributed by atoms with Crippen molar-refractivity contribution in [3.8, 4) is 0 Å². The number of fused-ring (bicyclic) bond motifs is 1. The molecule has 22 heavy (non-hydrogen) atoms. The maximum absolute atomic E-state index is 12.1. The first-order chi connectivity index (χ1) is 10.5. The van der Waals surface area contributed by atoms with Crippen LogP contribution in [-0.2, 0) is 4.84 Å². The highest BCUT2D eigenvalue weighted by atomic mass is 32.1. The Bertz CT molecular complexity index is 746. The zero-order valence-corrected chi connectivity index (χ0v) is 12.7. The number of benzene rings is 1. The van der Waals surface area contributed by atoms with Crippen LogP contribution in [0.3, 0.4) is 0 Å². The lowest BCUT2D eigenvalue weighted by molar-refractivity contribution is -0.0581. The van der Waals surface area contributed by atoms with Gasteiger partial charge in [-0.25, -0.2) is 9.78 Å². The Kier molecular flexibility index (Phi) is 3.50. The predicted molar refractivity (Wildman–Crippen MR) is 78.6 cm³/mol. The number of imide groups is 1. The normalized spacial score (nSPS) is 13.7. The highest BCUT2D eigenvalue weighted by Crippen LogP contribution is 2.25. The summed E-state index contributed by atoms with van der Waals surface area (Å²) in [4.78, 5) is 45.6. The molecule has 0 N–H and O–H groups in total. The molecule has 1 aliphatic rings. The van der Waals surface area contributed by atoms with E-state index in [9.17, 15) is 14.4 Å². The third-order valence-corrected chi connectivity index (χ3v) is 4.43. The van der Waals surface area contributed by atoms with E-state index in [0.717, 1.165) is 5.01 Å².